The van der Waals surface area contributed by atoms with Gasteiger partial charge in [-0.25, -0.2) is 14.8 Å². The number of nitrogens with two attached hydrogens (primary N) is 1. The van der Waals surface area contributed by atoms with Gasteiger partial charge >= 0.3 is 5.69 Å². The Labute approximate surface area is 128 Å². The van der Waals surface area contributed by atoms with Crippen LogP contribution in [0, 0.1) is 0 Å². The molecule has 0 radical (unpaired) electrons. The van der Waals surface area contributed by atoms with Crippen molar-refractivity contribution in [1.29, 1.82) is 0 Å². The van der Waals surface area contributed by atoms with Crippen molar-refractivity contribution < 1.29 is 0 Å². The number of H-pyrrole nitrogens is 1. The monoisotopic (exact) mass is 305 g/mol. The third kappa shape index (κ3) is 2.97. The maximum absolute atomic E-state index is 12.0. The van der Waals surface area contributed by atoms with Gasteiger partial charge in [0.15, 0.2) is 11.5 Å². The van der Waals surface area contributed by atoms with Gasteiger partial charge in [0, 0.05) is 32.7 Å². The van der Waals surface area contributed by atoms with Gasteiger partial charge in [0.1, 0.15) is 11.8 Å². The number of hydrogen-bond donors (Lipinski definition) is 2. The summed E-state index contributed by atoms with van der Waals surface area (Å²) in [6.45, 7) is 9.44. The van der Waals surface area contributed by atoms with Crippen LogP contribution in [-0.2, 0) is 6.54 Å². The second kappa shape index (κ2) is 6.45. The fourth-order valence-electron chi connectivity index (χ4n) is 2.97. The smallest absolute Gasteiger partial charge is 0.327 e. The molecule has 1 fully saturated rings. The van der Waals surface area contributed by atoms with Gasteiger partial charge in [-0.3, -0.25) is 4.57 Å². The largest absolute Gasteiger partial charge is 0.382 e. The fraction of sp³-hybridized carbons (Fsp3) is 0.643. The van der Waals surface area contributed by atoms with Crippen LogP contribution in [-0.4, -0.2) is 68.6 Å². The molecule has 8 heteroatoms. The highest BCUT2D eigenvalue weighted by Gasteiger charge is 2.15. The average Bonchev–Trinajstić information content (AvgIpc) is 2.86. The van der Waals surface area contributed by atoms with Crippen LogP contribution in [0.3, 0.4) is 0 Å². The zero-order valence-electron chi connectivity index (χ0n) is 13.0. The van der Waals surface area contributed by atoms with Crippen LogP contribution in [0.1, 0.15) is 13.3 Å². The van der Waals surface area contributed by atoms with Crippen molar-refractivity contribution in [3.63, 3.8) is 0 Å². The summed E-state index contributed by atoms with van der Waals surface area (Å²) in [7, 11) is 0. The summed E-state index contributed by atoms with van der Waals surface area (Å²) in [6, 6.07) is 0. The number of nitrogen functional groups attached to an aromatic ring is 1. The Morgan fingerprint density at radius 1 is 1.18 bits per heavy atom. The number of aromatic amines is 1. The predicted octanol–water partition coefficient (Wildman–Crippen LogP) is -0.271. The molecule has 0 bridgehead atoms. The molecule has 3 N–H and O–H groups in total. The molecule has 22 heavy (non-hydrogen) atoms. The lowest BCUT2D eigenvalue weighted by atomic mass is 10.3. The molecule has 1 saturated heterocycles. The van der Waals surface area contributed by atoms with E-state index in [1.807, 2.05) is 0 Å². The van der Waals surface area contributed by atoms with Crippen LogP contribution in [0.25, 0.3) is 11.2 Å². The number of likely N-dealkylation sites (N-methyl/N-ethyl adjacent to an activating group) is 1. The molecule has 8 nitrogen and oxygen atoms in total. The summed E-state index contributed by atoms with van der Waals surface area (Å²) in [5.74, 6) is 0.316. The Hall–Kier alpha value is -1.93. The number of fused-ring (bicyclic) bond motifs is 1. The number of rotatable bonds is 5. The van der Waals surface area contributed by atoms with Gasteiger partial charge < -0.3 is 20.5 Å². The van der Waals surface area contributed by atoms with Gasteiger partial charge in [-0.15, -0.1) is 0 Å². The molecule has 0 aromatic carbocycles. The number of aryl methyl sites for hydroxylation is 1. The van der Waals surface area contributed by atoms with Gasteiger partial charge in [-0.1, -0.05) is 6.92 Å². The van der Waals surface area contributed by atoms with Crippen molar-refractivity contribution in [2.75, 3.05) is 45.0 Å². The van der Waals surface area contributed by atoms with Crippen LogP contribution in [0.2, 0.25) is 0 Å². The second-order valence-corrected chi connectivity index (χ2v) is 5.67. The number of aromatic nitrogens is 4. The molecular formula is C14H23N7O. The van der Waals surface area contributed by atoms with Crippen LogP contribution < -0.4 is 11.4 Å². The Balaban J connectivity index is 1.60. The van der Waals surface area contributed by atoms with E-state index in [1.165, 1.54) is 6.33 Å². The molecule has 0 spiro atoms. The van der Waals surface area contributed by atoms with Gasteiger partial charge in [0.25, 0.3) is 0 Å². The SMILES string of the molecule is CCN1CCN(CCCn2c(=O)[nH]c3c(N)ncnc32)CC1. The van der Waals surface area contributed by atoms with E-state index in [0.717, 1.165) is 45.7 Å². The molecular weight excluding hydrogens is 282 g/mol. The topological polar surface area (TPSA) is 96.1 Å². The number of imidazole rings is 1. The minimum Gasteiger partial charge on any atom is -0.382 e. The van der Waals surface area contributed by atoms with Crippen molar-refractivity contribution in [1.82, 2.24) is 29.3 Å². The Morgan fingerprint density at radius 3 is 2.64 bits per heavy atom. The van der Waals surface area contributed by atoms with E-state index in [1.54, 1.807) is 4.57 Å². The number of hydrogen-bond acceptors (Lipinski definition) is 6. The van der Waals surface area contributed by atoms with Crippen molar-refractivity contribution in [3.05, 3.63) is 16.8 Å². The van der Waals surface area contributed by atoms with Crippen LogP contribution >= 0.6 is 0 Å². The summed E-state index contributed by atoms with van der Waals surface area (Å²) < 4.78 is 1.65. The Kier molecular flexibility index (Phi) is 4.39. The standard InChI is InChI=1S/C14H23N7O/c1-2-19-6-8-20(9-7-19)4-3-5-21-13-11(18-14(21)22)12(15)16-10-17-13/h10H,2-9H2,1H3,(H,18,22)(H2,15,16,17). The molecule has 0 saturated carbocycles. The lowest BCUT2D eigenvalue weighted by Gasteiger charge is -2.33. The molecule has 3 rings (SSSR count). The average molecular weight is 305 g/mol. The first kappa shape index (κ1) is 15.0. The third-order valence-electron chi connectivity index (χ3n) is 4.36. The first-order valence-electron chi connectivity index (χ1n) is 7.82. The third-order valence-corrected chi connectivity index (χ3v) is 4.36. The molecule has 3 heterocycles. The molecule has 2 aromatic rings. The lowest BCUT2D eigenvalue weighted by molar-refractivity contribution is 0.135. The summed E-state index contributed by atoms with van der Waals surface area (Å²) in [5, 5.41) is 0. The zero-order valence-corrected chi connectivity index (χ0v) is 13.0. The Morgan fingerprint density at radius 2 is 1.91 bits per heavy atom. The molecule has 0 amide bonds. The van der Waals surface area contributed by atoms with E-state index >= 15 is 0 Å². The quantitative estimate of drug-likeness (QED) is 0.789. The van der Waals surface area contributed by atoms with E-state index in [9.17, 15) is 4.79 Å². The molecule has 0 aliphatic carbocycles. The molecule has 1 aliphatic heterocycles. The number of nitrogens with zero attached hydrogens (tertiary/aromatic N) is 5. The first-order chi connectivity index (χ1) is 10.7. The van der Waals surface area contributed by atoms with E-state index in [4.69, 9.17) is 5.73 Å². The molecule has 0 unspecified atom stereocenters. The minimum atomic E-state index is -0.169. The highest BCUT2D eigenvalue weighted by Crippen LogP contribution is 2.12. The lowest BCUT2D eigenvalue weighted by Crippen LogP contribution is -2.46. The van der Waals surface area contributed by atoms with Crippen LogP contribution in [0.4, 0.5) is 5.82 Å². The van der Waals surface area contributed by atoms with Crippen LogP contribution in [0.15, 0.2) is 11.1 Å². The predicted molar refractivity (Wildman–Crippen MR) is 85.7 cm³/mol. The van der Waals surface area contributed by atoms with Crippen LogP contribution in [0.5, 0.6) is 0 Å². The molecule has 2 aromatic heterocycles. The van der Waals surface area contributed by atoms with Crippen molar-refractivity contribution in [3.8, 4) is 0 Å². The maximum Gasteiger partial charge on any atom is 0.327 e. The van der Waals surface area contributed by atoms with E-state index in [2.05, 4.69) is 31.7 Å². The summed E-state index contributed by atoms with van der Waals surface area (Å²) in [6.07, 6.45) is 2.31. The van der Waals surface area contributed by atoms with E-state index in [0.29, 0.717) is 23.5 Å². The van der Waals surface area contributed by atoms with Gasteiger partial charge in [-0.2, -0.15) is 0 Å². The molecule has 120 valence electrons. The minimum absolute atomic E-state index is 0.169. The number of anilines is 1. The summed E-state index contributed by atoms with van der Waals surface area (Å²) in [4.78, 5) is 27.7. The highest BCUT2D eigenvalue weighted by molar-refractivity contribution is 5.80. The second-order valence-electron chi connectivity index (χ2n) is 5.67. The van der Waals surface area contributed by atoms with Gasteiger partial charge in [0.2, 0.25) is 0 Å². The highest BCUT2D eigenvalue weighted by atomic mass is 16.1. The van der Waals surface area contributed by atoms with E-state index < -0.39 is 0 Å². The zero-order chi connectivity index (χ0) is 15.5. The van der Waals surface area contributed by atoms with Gasteiger partial charge in [-0.05, 0) is 19.5 Å². The maximum atomic E-state index is 12.0. The van der Waals surface area contributed by atoms with Crippen molar-refractivity contribution in [2.45, 2.75) is 19.9 Å². The summed E-state index contributed by atoms with van der Waals surface area (Å²) in [5.41, 5.74) is 6.72. The fourth-order valence-corrected chi connectivity index (χ4v) is 2.97. The summed E-state index contributed by atoms with van der Waals surface area (Å²) >= 11 is 0. The normalized spacial score (nSPS) is 17.3. The first-order valence-corrected chi connectivity index (χ1v) is 7.82. The van der Waals surface area contributed by atoms with Crippen molar-refractivity contribution >= 4 is 17.0 Å². The molecule has 1 aliphatic rings. The van der Waals surface area contributed by atoms with Gasteiger partial charge in [0.05, 0.1) is 0 Å². The Bertz CT molecular complexity index is 684. The van der Waals surface area contributed by atoms with Crippen molar-refractivity contribution in [2.24, 2.45) is 0 Å². The van der Waals surface area contributed by atoms with E-state index in [-0.39, 0.29) is 5.69 Å². The number of piperazine rings is 1. The number of nitrogens with one attached hydrogen (secondary N) is 1. The molecule has 0 atom stereocenters.